The fourth-order valence-corrected chi connectivity index (χ4v) is 4.27. The van der Waals surface area contributed by atoms with Gasteiger partial charge in [-0.25, -0.2) is 4.39 Å². The van der Waals surface area contributed by atoms with Crippen molar-refractivity contribution in [1.29, 1.82) is 0 Å². The fourth-order valence-electron chi connectivity index (χ4n) is 3.42. The maximum atomic E-state index is 14.0. The molecule has 0 N–H and O–H groups in total. The molecule has 1 amide bonds. The molecule has 1 aliphatic rings. The van der Waals surface area contributed by atoms with E-state index in [1.807, 2.05) is 4.90 Å². The smallest absolute Gasteiger partial charge is 0.406 e. The van der Waals surface area contributed by atoms with E-state index in [2.05, 4.69) is 10.2 Å². The van der Waals surface area contributed by atoms with Crippen molar-refractivity contribution in [3.63, 3.8) is 0 Å². The summed E-state index contributed by atoms with van der Waals surface area (Å²) in [4.78, 5) is 15.3. The number of anilines is 1. The van der Waals surface area contributed by atoms with Crippen LogP contribution in [0.2, 0.25) is 0 Å². The number of morpholine rings is 1. The molecule has 3 heterocycles. The van der Waals surface area contributed by atoms with E-state index in [9.17, 15) is 22.4 Å². The van der Waals surface area contributed by atoms with Crippen molar-refractivity contribution in [2.24, 2.45) is 0 Å². The van der Waals surface area contributed by atoms with Crippen LogP contribution in [0.25, 0.3) is 5.69 Å². The molecule has 34 heavy (non-hydrogen) atoms. The number of carbonyl (C=O) groups excluding carboxylic acids is 1. The molecule has 0 atom stereocenters. The summed E-state index contributed by atoms with van der Waals surface area (Å²) >= 11 is 0.927. The van der Waals surface area contributed by atoms with Gasteiger partial charge in [0.25, 0.3) is 0 Å². The molecule has 0 unspecified atom stereocenters. The molecule has 1 saturated heterocycles. The van der Waals surface area contributed by atoms with Crippen LogP contribution < -0.4 is 4.90 Å². The minimum absolute atomic E-state index is 0.236. The van der Waals surface area contributed by atoms with Crippen LogP contribution in [0.15, 0.2) is 52.2 Å². The monoisotopic (exact) mass is 499 g/mol. The van der Waals surface area contributed by atoms with Crippen LogP contribution in [0.1, 0.15) is 5.76 Å². The van der Waals surface area contributed by atoms with Crippen LogP contribution in [0.5, 0.6) is 0 Å². The highest BCUT2D eigenvalue weighted by molar-refractivity contribution is 7.99. The van der Waals surface area contributed by atoms with Crippen molar-refractivity contribution in [3.05, 3.63) is 54.2 Å². The highest BCUT2D eigenvalue weighted by Gasteiger charge is 2.33. The maximum absolute atomic E-state index is 14.0. The largest absolute Gasteiger partial charge is 0.467 e. The second-order valence-corrected chi connectivity index (χ2v) is 8.37. The van der Waals surface area contributed by atoms with Gasteiger partial charge in [0, 0.05) is 13.1 Å². The van der Waals surface area contributed by atoms with Crippen LogP contribution in [0.4, 0.5) is 23.5 Å². The summed E-state index contributed by atoms with van der Waals surface area (Å²) in [6.45, 7) is 0.315. The average molecular weight is 499 g/mol. The Labute approximate surface area is 196 Å². The Balaban J connectivity index is 1.56. The number of aromatic nitrogens is 3. The number of ether oxygens (including phenoxy) is 1. The highest BCUT2D eigenvalue weighted by atomic mass is 32.2. The Bertz CT molecular complexity index is 1100. The first kappa shape index (κ1) is 24.1. The third-order valence-corrected chi connectivity index (χ3v) is 5.86. The topological polar surface area (TPSA) is 76.6 Å². The molecule has 13 heteroatoms. The van der Waals surface area contributed by atoms with Crippen LogP contribution in [0.3, 0.4) is 0 Å². The maximum Gasteiger partial charge on any atom is 0.406 e. The van der Waals surface area contributed by atoms with Crippen molar-refractivity contribution >= 4 is 23.6 Å². The molecular weight excluding hydrogens is 478 g/mol. The van der Waals surface area contributed by atoms with Gasteiger partial charge in [0.15, 0.2) is 5.16 Å². The Morgan fingerprint density at radius 2 is 1.94 bits per heavy atom. The summed E-state index contributed by atoms with van der Waals surface area (Å²) in [5.74, 6) is -0.874. The van der Waals surface area contributed by atoms with Gasteiger partial charge in [-0.1, -0.05) is 17.8 Å². The molecule has 8 nitrogen and oxygen atoms in total. The minimum Gasteiger partial charge on any atom is -0.467 e. The molecular formula is C21H21F4N5O3S. The van der Waals surface area contributed by atoms with Gasteiger partial charge in [0.2, 0.25) is 11.9 Å². The number of halogens is 4. The van der Waals surface area contributed by atoms with E-state index in [0.29, 0.717) is 42.8 Å². The first-order valence-electron chi connectivity index (χ1n) is 10.3. The van der Waals surface area contributed by atoms with Crippen molar-refractivity contribution < 1.29 is 31.5 Å². The van der Waals surface area contributed by atoms with Crippen LogP contribution in [-0.2, 0) is 16.1 Å². The van der Waals surface area contributed by atoms with Gasteiger partial charge in [-0.15, -0.1) is 10.2 Å². The lowest BCUT2D eigenvalue weighted by atomic mass is 10.3. The zero-order valence-electron chi connectivity index (χ0n) is 17.9. The number of carbonyl (C=O) groups is 1. The fraction of sp³-hybridized carbons (Fsp3) is 0.381. The van der Waals surface area contributed by atoms with E-state index in [4.69, 9.17) is 9.15 Å². The average Bonchev–Trinajstić information content (AvgIpc) is 3.46. The first-order valence-corrected chi connectivity index (χ1v) is 11.3. The van der Waals surface area contributed by atoms with Gasteiger partial charge in [-0.2, -0.15) is 13.2 Å². The lowest BCUT2D eigenvalue weighted by molar-refractivity contribution is -0.161. The zero-order valence-corrected chi connectivity index (χ0v) is 18.7. The lowest BCUT2D eigenvalue weighted by Crippen LogP contribution is -2.39. The molecule has 1 fully saturated rings. The van der Waals surface area contributed by atoms with E-state index in [-0.39, 0.29) is 23.2 Å². The molecule has 4 rings (SSSR count). The van der Waals surface area contributed by atoms with E-state index in [0.717, 1.165) is 11.8 Å². The summed E-state index contributed by atoms with van der Waals surface area (Å²) in [6, 6.07) is 8.82. The Morgan fingerprint density at radius 3 is 2.62 bits per heavy atom. The number of thioether (sulfide) groups is 1. The molecule has 3 aromatic rings. The van der Waals surface area contributed by atoms with Crippen LogP contribution >= 0.6 is 11.8 Å². The Kier molecular flexibility index (Phi) is 7.41. The molecule has 2 aromatic heterocycles. The van der Waals surface area contributed by atoms with Gasteiger partial charge in [-0.05, 0) is 30.3 Å². The van der Waals surface area contributed by atoms with E-state index in [1.165, 1.54) is 36.6 Å². The number of alkyl halides is 3. The summed E-state index contributed by atoms with van der Waals surface area (Å²) < 4.78 is 65.3. The van der Waals surface area contributed by atoms with Gasteiger partial charge in [0.05, 0.1) is 37.5 Å². The summed E-state index contributed by atoms with van der Waals surface area (Å²) in [5.41, 5.74) is 0.434. The second-order valence-electron chi connectivity index (χ2n) is 7.43. The van der Waals surface area contributed by atoms with Crippen molar-refractivity contribution in [2.45, 2.75) is 17.9 Å². The summed E-state index contributed by atoms with van der Waals surface area (Å²) in [7, 11) is 0. The van der Waals surface area contributed by atoms with Gasteiger partial charge >= 0.3 is 6.18 Å². The summed E-state index contributed by atoms with van der Waals surface area (Å²) in [5, 5.41) is 8.60. The van der Waals surface area contributed by atoms with Crippen LogP contribution in [0, 0.1) is 5.82 Å². The third-order valence-electron chi connectivity index (χ3n) is 4.95. The SMILES string of the molecule is O=C(CSc1nnc(N2CCOCC2)n1-c1cccc(F)c1)N(Cc1ccco1)CC(F)(F)F. The van der Waals surface area contributed by atoms with Gasteiger partial charge in [-0.3, -0.25) is 9.36 Å². The molecule has 0 bridgehead atoms. The molecule has 0 aliphatic carbocycles. The van der Waals surface area contributed by atoms with Gasteiger partial charge in [0.1, 0.15) is 18.1 Å². The van der Waals surface area contributed by atoms with Crippen LogP contribution in [-0.4, -0.2) is 70.3 Å². The van der Waals surface area contributed by atoms with E-state index in [1.54, 1.807) is 10.6 Å². The lowest BCUT2D eigenvalue weighted by Gasteiger charge is -2.28. The molecule has 1 aliphatic heterocycles. The molecule has 0 radical (unpaired) electrons. The van der Waals surface area contributed by atoms with Crippen molar-refractivity contribution in [1.82, 2.24) is 19.7 Å². The first-order chi connectivity index (χ1) is 16.3. The highest BCUT2D eigenvalue weighted by Crippen LogP contribution is 2.28. The number of rotatable bonds is 8. The van der Waals surface area contributed by atoms with Crippen molar-refractivity contribution in [3.8, 4) is 5.69 Å². The standard InChI is InChI=1S/C21H21F4N5O3S/c22-15-3-1-4-16(11-15)30-19(28-6-9-32-10-7-28)26-27-20(30)34-13-18(31)29(14-21(23,24)25)12-17-5-2-8-33-17/h1-5,8,11H,6-7,9-10,12-14H2. The number of benzene rings is 1. The molecule has 0 saturated carbocycles. The Hall–Kier alpha value is -3.06. The number of furan rings is 1. The number of hydrogen-bond donors (Lipinski definition) is 0. The molecule has 182 valence electrons. The Morgan fingerprint density at radius 1 is 1.15 bits per heavy atom. The summed E-state index contributed by atoms with van der Waals surface area (Å²) in [6.07, 6.45) is -3.24. The quantitative estimate of drug-likeness (QED) is 0.347. The third kappa shape index (κ3) is 6.08. The predicted octanol–water partition coefficient (Wildman–Crippen LogP) is 3.52. The predicted molar refractivity (Wildman–Crippen MR) is 115 cm³/mol. The molecule has 0 spiro atoms. The number of amides is 1. The van der Waals surface area contributed by atoms with Crippen molar-refractivity contribution in [2.75, 3.05) is 43.5 Å². The minimum atomic E-state index is -4.57. The van der Waals surface area contributed by atoms with E-state index >= 15 is 0 Å². The number of nitrogens with zero attached hydrogens (tertiary/aromatic N) is 5. The molecule has 1 aromatic carbocycles. The second kappa shape index (κ2) is 10.5. The van der Waals surface area contributed by atoms with E-state index < -0.39 is 24.4 Å². The number of hydrogen-bond acceptors (Lipinski definition) is 7. The zero-order chi connectivity index (χ0) is 24.1. The van der Waals surface area contributed by atoms with Gasteiger partial charge < -0.3 is 19.0 Å². The normalized spacial score (nSPS) is 14.4.